The van der Waals surface area contributed by atoms with Crippen LogP contribution in [0.2, 0.25) is 5.02 Å². The molecule has 1 aromatic carbocycles. The third kappa shape index (κ3) is 3.03. The zero-order valence-electron chi connectivity index (χ0n) is 10.2. The van der Waals surface area contributed by atoms with Gasteiger partial charge < -0.3 is 14.4 Å². The average molecular weight is 268 g/mol. The van der Waals surface area contributed by atoms with Gasteiger partial charge in [0.05, 0.1) is 11.1 Å². The second-order valence-corrected chi connectivity index (χ2v) is 4.49. The summed E-state index contributed by atoms with van der Waals surface area (Å²) in [4.78, 5) is 0. The summed E-state index contributed by atoms with van der Waals surface area (Å²) in [6.07, 6.45) is -0.547. The van der Waals surface area contributed by atoms with Crippen LogP contribution in [-0.2, 0) is 6.61 Å². The van der Waals surface area contributed by atoms with E-state index in [1.54, 1.807) is 31.2 Å². The molecule has 0 bridgehead atoms. The first kappa shape index (κ1) is 12.9. The summed E-state index contributed by atoms with van der Waals surface area (Å²) in [5, 5.41) is 13.7. The van der Waals surface area contributed by atoms with Crippen LogP contribution in [-0.4, -0.2) is 10.3 Å². The predicted octanol–water partition coefficient (Wildman–Crippen LogP) is 3.27. The highest BCUT2D eigenvalue weighted by Crippen LogP contribution is 2.28. The molecular weight excluding hydrogens is 254 g/mol. The van der Waals surface area contributed by atoms with Gasteiger partial charge in [-0.05, 0) is 31.5 Å². The number of ether oxygens (including phenoxy) is 1. The van der Waals surface area contributed by atoms with Crippen LogP contribution in [0.15, 0.2) is 28.8 Å². The molecule has 1 atom stereocenters. The molecular formula is C13H14ClNO3. The SMILES string of the molecule is Cc1cc(COc2ccc([C@H](C)O)cc2Cl)no1. The summed E-state index contributed by atoms with van der Waals surface area (Å²) < 4.78 is 10.5. The van der Waals surface area contributed by atoms with Gasteiger partial charge in [-0.15, -0.1) is 0 Å². The molecule has 1 N–H and O–H groups in total. The lowest BCUT2D eigenvalue weighted by Crippen LogP contribution is -1.97. The van der Waals surface area contributed by atoms with Gasteiger partial charge in [-0.2, -0.15) is 0 Å². The van der Waals surface area contributed by atoms with E-state index >= 15 is 0 Å². The third-order valence-electron chi connectivity index (χ3n) is 2.49. The lowest BCUT2D eigenvalue weighted by Gasteiger charge is -2.09. The molecule has 96 valence electrons. The Morgan fingerprint density at radius 1 is 1.44 bits per heavy atom. The Labute approximate surface area is 110 Å². The van der Waals surface area contributed by atoms with Crippen LogP contribution in [0, 0.1) is 6.92 Å². The number of hydrogen-bond acceptors (Lipinski definition) is 4. The molecule has 0 aliphatic rings. The second-order valence-electron chi connectivity index (χ2n) is 4.08. The Hall–Kier alpha value is -1.52. The fourth-order valence-corrected chi connectivity index (χ4v) is 1.78. The number of aliphatic hydroxyl groups excluding tert-OH is 1. The first-order chi connectivity index (χ1) is 8.56. The Morgan fingerprint density at radius 2 is 2.22 bits per heavy atom. The fraction of sp³-hybridized carbons (Fsp3) is 0.308. The molecule has 1 aromatic heterocycles. The van der Waals surface area contributed by atoms with Crippen molar-refractivity contribution in [3.05, 3.63) is 46.3 Å². The Bertz CT molecular complexity index is 537. The van der Waals surface area contributed by atoms with Gasteiger partial charge in [-0.1, -0.05) is 22.8 Å². The number of aliphatic hydroxyl groups is 1. The molecule has 0 fully saturated rings. The molecule has 5 heteroatoms. The van der Waals surface area contributed by atoms with Gasteiger partial charge in [0.2, 0.25) is 0 Å². The van der Waals surface area contributed by atoms with E-state index in [-0.39, 0.29) is 0 Å². The van der Waals surface area contributed by atoms with E-state index in [0.29, 0.717) is 23.1 Å². The number of halogens is 1. The number of hydrogen-bond donors (Lipinski definition) is 1. The molecule has 0 saturated heterocycles. The van der Waals surface area contributed by atoms with Crippen molar-refractivity contribution in [2.75, 3.05) is 0 Å². The topological polar surface area (TPSA) is 55.5 Å². The third-order valence-corrected chi connectivity index (χ3v) is 2.79. The molecule has 0 amide bonds. The Morgan fingerprint density at radius 3 is 2.78 bits per heavy atom. The Kier molecular flexibility index (Phi) is 3.89. The molecule has 4 nitrogen and oxygen atoms in total. The van der Waals surface area contributed by atoms with E-state index in [0.717, 1.165) is 11.3 Å². The maximum Gasteiger partial charge on any atom is 0.138 e. The number of nitrogens with zero attached hydrogens (tertiary/aromatic N) is 1. The van der Waals surface area contributed by atoms with Gasteiger partial charge in [0.25, 0.3) is 0 Å². The zero-order chi connectivity index (χ0) is 13.1. The zero-order valence-corrected chi connectivity index (χ0v) is 10.9. The number of benzene rings is 1. The molecule has 0 aliphatic carbocycles. The molecule has 0 spiro atoms. The largest absolute Gasteiger partial charge is 0.486 e. The van der Waals surface area contributed by atoms with Crippen molar-refractivity contribution >= 4 is 11.6 Å². The second kappa shape index (κ2) is 5.42. The van der Waals surface area contributed by atoms with Crippen molar-refractivity contribution in [1.29, 1.82) is 0 Å². The molecule has 0 saturated carbocycles. The van der Waals surface area contributed by atoms with Gasteiger partial charge >= 0.3 is 0 Å². The minimum atomic E-state index is -0.547. The van der Waals surface area contributed by atoms with Gasteiger partial charge in [0.15, 0.2) is 0 Å². The van der Waals surface area contributed by atoms with E-state index in [4.69, 9.17) is 20.9 Å². The van der Waals surface area contributed by atoms with Crippen LogP contribution in [0.3, 0.4) is 0 Å². The number of rotatable bonds is 4. The van der Waals surface area contributed by atoms with E-state index in [2.05, 4.69) is 5.16 Å². The van der Waals surface area contributed by atoms with Crippen LogP contribution >= 0.6 is 11.6 Å². The summed E-state index contributed by atoms with van der Waals surface area (Å²) >= 11 is 6.06. The molecule has 1 heterocycles. The fourth-order valence-electron chi connectivity index (χ4n) is 1.53. The number of aryl methyl sites for hydroxylation is 1. The van der Waals surface area contributed by atoms with Crippen LogP contribution in [0.25, 0.3) is 0 Å². The minimum Gasteiger partial charge on any atom is -0.486 e. The quantitative estimate of drug-likeness (QED) is 0.924. The molecule has 0 radical (unpaired) electrons. The van der Waals surface area contributed by atoms with Crippen molar-refractivity contribution in [2.24, 2.45) is 0 Å². The van der Waals surface area contributed by atoms with Crippen LogP contribution < -0.4 is 4.74 Å². The average Bonchev–Trinajstić information content (AvgIpc) is 2.73. The van der Waals surface area contributed by atoms with Gasteiger partial charge in [0.1, 0.15) is 23.8 Å². The summed E-state index contributed by atoms with van der Waals surface area (Å²) in [6, 6.07) is 7.00. The maximum atomic E-state index is 9.43. The van der Waals surface area contributed by atoms with Gasteiger partial charge in [-0.25, -0.2) is 0 Å². The first-order valence-electron chi connectivity index (χ1n) is 5.59. The predicted molar refractivity (Wildman–Crippen MR) is 67.7 cm³/mol. The molecule has 18 heavy (non-hydrogen) atoms. The highest BCUT2D eigenvalue weighted by molar-refractivity contribution is 6.32. The normalized spacial score (nSPS) is 12.4. The summed E-state index contributed by atoms with van der Waals surface area (Å²) in [5.41, 5.74) is 1.47. The van der Waals surface area contributed by atoms with Crippen LogP contribution in [0.4, 0.5) is 0 Å². The molecule has 2 rings (SSSR count). The molecule has 0 aliphatic heterocycles. The van der Waals surface area contributed by atoms with E-state index in [1.807, 2.05) is 6.92 Å². The standard InChI is InChI=1S/C13H14ClNO3/c1-8-5-11(15-18-8)7-17-13-4-3-10(9(2)16)6-12(13)14/h3-6,9,16H,7H2,1-2H3/t9-/m0/s1. The summed E-state index contributed by atoms with van der Waals surface area (Å²) in [6.45, 7) is 3.80. The summed E-state index contributed by atoms with van der Waals surface area (Å²) in [5.74, 6) is 1.30. The maximum absolute atomic E-state index is 9.43. The minimum absolute atomic E-state index is 0.297. The molecule has 0 unspecified atom stereocenters. The van der Waals surface area contributed by atoms with E-state index in [9.17, 15) is 5.11 Å². The Balaban J connectivity index is 2.05. The van der Waals surface area contributed by atoms with Crippen molar-refractivity contribution in [3.8, 4) is 5.75 Å². The van der Waals surface area contributed by atoms with Crippen molar-refractivity contribution in [3.63, 3.8) is 0 Å². The summed E-state index contributed by atoms with van der Waals surface area (Å²) in [7, 11) is 0. The lowest BCUT2D eigenvalue weighted by molar-refractivity contribution is 0.199. The van der Waals surface area contributed by atoms with Gasteiger partial charge in [-0.3, -0.25) is 0 Å². The monoisotopic (exact) mass is 267 g/mol. The van der Waals surface area contributed by atoms with Crippen molar-refractivity contribution in [1.82, 2.24) is 5.16 Å². The highest BCUT2D eigenvalue weighted by Gasteiger charge is 2.08. The van der Waals surface area contributed by atoms with Gasteiger partial charge in [0, 0.05) is 6.07 Å². The van der Waals surface area contributed by atoms with Crippen LogP contribution in [0.1, 0.15) is 30.0 Å². The first-order valence-corrected chi connectivity index (χ1v) is 5.96. The smallest absolute Gasteiger partial charge is 0.138 e. The number of aromatic nitrogens is 1. The van der Waals surface area contributed by atoms with E-state index in [1.165, 1.54) is 0 Å². The highest BCUT2D eigenvalue weighted by atomic mass is 35.5. The van der Waals surface area contributed by atoms with Crippen LogP contribution in [0.5, 0.6) is 5.75 Å². The van der Waals surface area contributed by atoms with Crippen molar-refractivity contribution < 1.29 is 14.4 Å². The molecule has 2 aromatic rings. The lowest BCUT2D eigenvalue weighted by atomic mass is 10.1. The van der Waals surface area contributed by atoms with Crippen molar-refractivity contribution in [2.45, 2.75) is 26.6 Å². The van der Waals surface area contributed by atoms with E-state index < -0.39 is 6.10 Å².